The van der Waals surface area contributed by atoms with Gasteiger partial charge in [-0.1, -0.05) is 27.5 Å². The summed E-state index contributed by atoms with van der Waals surface area (Å²) in [5.74, 6) is 1.35. The van der Waals surface area contributed by atoms with Gasteiger partial charge in [0.2, 0.25) is 0 Å². The predicted octanol–water partition coefficient (Wildman–Crippen LogP) is 3.73. The largest absolute Gasteiger partial charge is 0.484 e. The van der Waals surface area contributed by atoms with Gasteiger partial charge in [-0.2, -0.15) is 0 Å². The van der Waals surface area contributed by atoms with Crippen LogP contribution in [0.2, 0.25) is 5.02 Å². The molecule has 0 aliphatic rings. The summed E-state index contributed by atoms with van der Waals surface area (Å²) in [5, 5.41) is 0.556. The molecule has 3 nitrogen and oxygen atoms in total. The maximum Gasteiger partial charge on any atom is 0.146 e. The van der Waals surface area contributed by atoms with Gasteiger partial charge in [0, 0.05) is 16.6 Å². The van der Waals surface area contributed by atoms with Gasteiger partial charge in [-0.25, -0.2) is 0 Å². The number of halogens is 2. The lowest BCUT2D eigenvalue weighted by molar-refractivity contribution is 0.268. The molecule has 0 spiro atoms. The van der Waals surface area contributed by atoms with E-state index < -0.39 is 0 Å². The Morgan fingerprint density at radius 2 is 2.18 bits per heavy atom. The van der Waals surface area contributed by atoms with Gasteiger partial charge in [0.25, 0.3) is 0 Å². The Balaban J connectivity index is 2.07. The molecule has 0 saturated heterocycles. The summed E-state index contributed by atoms with van der Waals surface area (Å²) in [7, 11) is 0. The molecule has 0 aliphatic carbocycles. The van der Waals surface area contributed by atoms with Crippen molar-refractivity contribution in [3.63, 3.8) is 0 Å². The van der Waals surface area contributed by atoms with Crippen molar-refractivity contribution in [3.8, 4) is 5.75 Å². The summed E-state index contributed by atoms with van der Waals surface area (Å²) in [5.41, 5.74) is 6.51. The Morgan fingerprint density at radius 3 is 2.88 bits per heavy atom. The molecule has 1 aromatic heterocycles. The second-order valence-corrected chi connectivity index (χ2v) is 4.76. The molecule has 0 fully saturated rings. The van der Waals surface area contributed by atoms with E-state index in [1.165, 1.54) is 0 Å². The maximum absolute atomic E-state index is 6.03. The third-order valence-electron chi connectivity index (χ3n) is 2.31. The van der Waals surface area contributed by atoms with Crippen molar-refractivity contribution >= 4 is 27.5 Å². The molecule has 2 aromatic rings. The zero-order chi connectivity index (χ0) is 12.3. The highest BCUT2D eigenvalue weighted by Gasteiger charge is 2.07. The molecule has 2 N–H and O–H groups in total. The van der Waals surface area contributed by atoms with Crippen molar-refractivity contribution in [2.75, 3.05) is 0 Å². The van der Waals surface area contributed by atoms with Gasteiger partial charge in [-0.3, -0.25) is 0 Å². The lowest BCUT2D eigenvalue weighted by Gasteiger charge is -2.07. The van der Waals surface area contributed by atoms with E-state index >= 15 is 0 Å². The number of nitrogens with two attached hydrogens (primary N) is 1. The highest BCUT2D eigenvalue weighted by Crippen LogP contribution is 2.28. The number of furan rings is 1. The molecule has 90 valence electrons. The van der Waals surface area contributed by atoms with E-state index in [1.54, 1.807) is 18.4 Å². The van der Waals surface area contributed by atoms with Crippen LogP contribution in [0.4, 0.5) is 0 Å². The number of hydrogen-bond acceptors (Lipinski definition) is 3. The molecule has 5 heteroatoms. The first-order valence-electron chi connectivity index (χ1n) is 5.04. The zero-order valence-electron chi connectivity index (χ0n) is 8.95. The average Bonchev–Trinajstić information content (AvgIpc) is 2.75. The Labute approximate surface area is 113 Å². The first kappa shape index (κ1) is 12.5. The van der Waals surface area contributed by atoms with Crippen LogP contribution in [0.5, 0.6) is 5.75 Å². The first-order valence-corrected chi connectivity index (χ1v) is 6.21. The van der Waals surface area contributed by atoms with Crippen LogP contribution in [-0.2, 0) is 13.2 Å². The van der Waals surface area contributed by atoms with Gasteiger partial charge < -0.3 is 14.9 Å². The molecule has 0 amide bonds. The summed E-state index contributed by atoms with van der Waals surface area (Å²) >= 11 is 9.37. The van der Waals surface area contributed by atoms with Crippen LogP contribution in [-0.4, -0.2) is 0 Å². The minimum Gasteiger partial charge on any atom is -0.484 e. The van der Waals surface area contributed by atoms with Crippen LogP contribution in [0, 0.1) is 0 Å². The standard InChI is InChI=1S/C12H11BrClNO2/c13-9-1-2-11(10(14)5-9)17-7-12-8(6-15)3-4-16-12/h1-5H,6-7,15H2. The third-order valence-corrected chi connectivity index (χ3v) is 3.10. The molecule has 0 saturated carbocycles. The van der Waals surface area contributed by atoms with Gasteiger partial charge in [-0.15, -0.1) is 0 Å². The summed E-state index contributed by atoms with van der Waals surface area (Å²) in [6.45, 7) is 0.754. The van der Waals surface area contributed by atoms with Crippen LogP contribution in [0.15, 0.2) is 39.4 Å². The fraction of sp³-hybridized carbons (Fsp3) is 0.167. The Kier molecular flexibility index (Phi) is 4.10. The first-order chi connectivity index (χ1) is 8.20. The Hall–Kier alpha value is -0.970. The molecule has 0 aliphatic heterocycles. The van der Waals surface area contributed by atoms with Crippen molar-refractivity contribution < 1.29 is 9.15 Å². The number of ether oxygens (including phenoxy) is 1. The average molecular weight is 317 g/mol. The van der Waals surface area contributed by atoms with Crippen molar-refractivity contribution in [1.29, 1.82) is 0 Å². The third kappa shape index (κ3) is 3.03. The molecule has 1 aromatic carbocycles. The lowest BCUT2D eigenvalue weighted by atomic mass is 10.2. The van der Waals surface area contributed by atoms with Crippen LogP contribution in [0.1, 0.15) is 11.3 Å². The number of hydrogen-bond donors (Lipinski definition) is 1. The molecule has 1 heterocycles. The number of rotatable bonds is 4. The maximum atomic E-state index is 6.03. The van der Waals surface area contributed by atoms with Crippen molar-refractivity contribution in [2.45, 2.75) is 13.2 Å². The van der Waals surface area contributed by atoms with Gasteiger partial charge in [-0.05, 0) is 24.3 Å². The Bertz CT molecular complexity index is 513. The van der Waals surface area contributed by atoms with Gasteiger partial charge in [0.1, 0.15) is 18.1 Å². The minimum absolute atomic E-state index is 0.320. The van der Waals surface area contributed by atoms with E-state index in [-0.39, 0.29) is 0 Å². The molecule has 0 radical (unpaired) electrons. The van der Waals surface area contributed by atoms with E-state index in [0.717, 1.165) is 15.8 Å². The normalized spacial score (nSPS) is 10.5. The van der Waals surface area contributed by atoms with Crippen molar-refractivity contribution in [2.24, 2.45) is 5.73 Å². The van der Waals surface area contributed by atoms with E-state index in [9.17, 15) is 0 Å². The van der Waals surface area contributed by atoms with Crippen LogP contribution in [0.3, 0.4) is 0 Å². The highest BCUT2D eigenvalue weighted by molar-refractivity contribution is 9.10. The van der Waals surface area contributed by atoms with E-state index in [4.69, 9.17) is 26.5 Å². The van der Waals surface area contributed by atoms with Gasteiger partial charge >= 0.3 is 0 Å². The van der Waals surface area contributed by atoms with Gasteiger partial charge in [0.15, 0.2) is 0 Å². The Morgan fingerprint density at radius 1 is 1.35 bits per heavy atom. The summed E-state index contributed by atoms with van der Waals surface area (Å²) in [4.78, 5) is 0. The van der Waals surface area contributed by atoms with Crippen LogP contribution < -0.4 is 10.5 Å². The molecular formula is C12H11BrClNO2. The van der Waals surface area contributed by atoms with Crippen LogP contribution >= 0.6 is 27.5 Å². The minimum atomic E-state index is 0.320. The summed E-state index contributed by atoms with van der Waals surface area (Å²) < 4.78 is 11.8. The SMILES string of the molecule is NCc1ccoc1COc1ccc(Br)cc1Cl. The fourth-order valence-corrected chi connectivity index (χ4v) is 2.14. The summed E-state index contributed by atoms with van der Waals surface area (Å²) in [6.07, 6.45) is 1.60. The van der Waals surface area contributed by atoms with E-state index in [0.29, 0.717) is 23.9 Å². The lowest BCUT2D eigenvalue weighted by Crippen LogP contribution is -2.02. The van der Waals surface area contributed by atoms with E-state index in [2.05, 4.69) is 15.9 Å². The van der Waals surface area contributed by atoms with Crippen molar-refractivity contribution in [1.82, 2.24) is 0 Å². The monoisotopic (exact) mass is 315 g/mol. The van der Waals surface area contributed by atoms with Crippen LogP contribution in [0.25, 0.3) is 0 Å². The summed E-state index contributed by atoms with van der Waals surface area (Å²) in [6, 6.07) is 7.29. The molecule has 0 unspecified atom stereocenters. The smallest absolute Gasteiger partial charge is 0.146 e. The van der Waals surface area contributed by atoms with Crippen molar-refractivity contribution in [3.05, 3.63) is 51.3 Å². The van der Waals surface area contributed by atoms with Gasteiger partial charge in [0.05, 0.1) is 11.3 Å². The fourth-order valence-electron chi connectivity index (χ4n) is 1.41. The molecular weight excluding hydrogens is 305 g/mol. The second kappa shape index (κ2) is 5.58. The quantitative estimate of drug-likeness (QED) is 0.935. The molecule has 0 bridgehead atoms. The second-order valence-electron chi connectivity index (χ2n) is 3.44. The molecule has 17 heavy (non-hydrogen) atoms. The number of benzene rings is 1. The highest BCUT2D eigenvalue weighted by atomic mass is 79.9. The zero-order valence-corrected chi connectivity index (χ0v) is 11.3. The molecule has 2 rings (SSSR count). The molecule has 0 atom stereocenters. The predicted molar refractivity (Wildman–Crippen MR) is 70.1 cm³/mol. The van der Waals surface area contributed by atoms with E-state index in [1.807, 2.05) is 12.1 Å². The topological polar surface area (TPSA) is 48.4 Å².